The Bertz CT molecular complexity index is 1240. The number of hydrazine groups is 1. The quantitative estimate of drug-likeness (QED) is 0.447. The Balaban J connectivity index is 1.33. The van der Waals surface area contributed by atoms with Crippen molar-refractivity contribution in [2.75, 3.05) is 5.32 Å². The number of rotatable bonds is 6. The van der Waals surface area contributed by atoms with E-state index in [-0.39, 0.29) is 48.4 Å². The Morgan fingerprint density at radius 1 is 1.09 bits per heavy atom. The molecule has 0 bridgehead atoms. The third kappa shape index (κ3) is 4.26. The van der Waals surface area contributed by atoms with Gasteiger partial charge >= 0.3 is 5.97 Å². The number of carboxylic acids is 1. The topological polar surface area (TPSA) is 125 Å². The fourth-order valence-electron chi connectivity index (χ4n) is 5.19. The van der Waals surface area contributed by atoms with Gasteiger partial charge in [-0.05, 0) is 42.5 Å². The average Bonchev–Trinajstić information content (AvgIpc) is 3.23. The van der Waals surface area contributed by atoms with Gasteiger partial charge in [0.1, 0.15) is 0 Å². The predicted molar refractivity (Wildman–Crippen MR) is 126 cm³/mol. The van der Waals surface area contributed by atoms with Crippen LogP contribution >= 0.6 is 0 Å². The molecule has 5 rings (SSSR count). The first-order valence-electron chi connectivity index (χ1n) is 11.7. The molecule has 9 heteroatoms. The van der Waals surface area contributed by atoms with E-state index in [0.717, 1.165) is 36.8 Å². The van der Waals surface area contributed by atoms with Crippen LogP contribution in [0.15, 0.2) is 48.5 Å². The second kappa shape index (κ2) is 9.26. The summed E-state index contributed by atoms with van der Waals surface area (Å²) < 4.78 is 1.56. The minimum Gasteiger partial charge on any atom is -0.481 e. The molecule has 2 heterocycles. The third-order valence-corrected chi connectivity index (χ3v) is 6.87. The second-order valence-corrected chi connectivity index (χ2v) is 8.97. The van der Waals surface area contributed by atoms with Crippen LogP contribution in [0.2, 0.25) is 0 Å². The van der Waals surface area contributed by atoms with Crippen molar-refractivity contribution in [3.8, 4) is 0 Å². The molecule has 2 amide bonds. The Morgan fingerprint density at radius 3 is 2.65 bits per heavy atom. The van der Waals surface area contributed by atoms with E-state index in [9.17, 15) is 14.4 Å². The van der Waals surface area contributed by atoms with Crippen LogP contribution in [0.5, 0.6) is 0 Å². The summed E-state index contributed by atoms with van der Waals surface area (Å²) in [6, 6.07) is 15.0. The molecule has 2 fully saturated rings. The van der Waals surface area contributed by atoms with Crippen molar-refractivity contribution in [1.82, 2.24) is 20.6 Å². The van der Waals surface area contributed by atoms with Gasteiger partial charge in [-0.25, -0.2) is 5.43 Å². The molecule has 176 valence electrons. The molecular formula is C25H27N5O4. The zero-order valence-corrected chi connectivity index (χ0v) is 18.7. The molecular weight excluding hydrogens is 434 g/mol. The first kappa shape index (κ1) is 22.1. The van der Waals surface area contributed by atoms with Gasteiger partial charge in [0.15, 0.2) is 5.69 Å². The summed E-state index contributed by atoms with van der Waals surface area (Å²) in [5.41, 5.74) is 8.68. The van der Waals surface area contributed by atoms with Crippen molar-refractivity contribution in [2.24, 2.45) is 11.8 Å². The molecule has 0 spiro atoms. The zero-order valence-electron chi connectivity index (χ0n) is 18.7. The summed E-state index contributed by atoms with van der Waals surface area (Å²) >= 11 is 0. The molecule has 34 heavy (non-hydrogen) atoms. The summed E-state index contributed by atoms with van der Waals surface area (Å²) in [5, 5.41) is 17.0. The van der Waals surface area contributed by atoms with Gasteiger partial charge in [-0.15, -0.1) is 0 Å². The summed E-state index contributed by atoms with van der Waals surface area (Å²) in [7, 11) is 0. The number of anilines is 1. The number of carboxylic acid groups (broad SMARTS) is 1. The maximum absolute atomic E-state index is 13.0. The minimum atomic E-state index is -0.919. The van der Waals surface area contributed by atoms with Crippen molar-refractivity contribution < 1.29 is 19.5 Å². The molecule has 1 saturated carbocycles. The highest BCUT2D eigenvalue weighted by Gasteiger charge is 2.40. The van der Waals surface area contributed by atoms with Crippen molar-refractivity contribution in [2.45, 2.75) is 44.7 Å². The van der Waals surface area contributed by atoms with Crippen molar-refractivity contribution in [3.63, 3.8) is 0 Å². The molecule has 4 N–H and O–H groups in total. The molecule has 3 atom stereocenters. The Kier molecular flexibility index (Phi) is 6.02. The summed E-state index contributed by atoms with van der Waals surface area (Å²) in [6.07, 6.45) is 4.09. The third-order valence-electron chi connectivity index (χ3n) is 6.87. The lowest BCUT2D eigenvalue weighted by Crippen LogP contribution is -2.55. The number of aryl methyl sites for hydroxylation is 1. The van der Waals surface area contributed by atoms with Gasteiger partial charge in [-0.2, -0.15) is 5.10 Å². The van der Waals surface area contributed by atoms with E-state index >= 15 is 0 Å². The number of nitrogens with one attached hydrogen (secondary N) is 3. The second-order valence-electron chi connectivity index (χ2n) is 8.97. The minimum absolute atomic E-state index is 0.0432. The van der Waals surface area contributed by atoms with Gasteiger partial charge in [0.2, 0.25) is 5.91 Å². The molecule has 1 aliphatic carbocycles. The standard InChI is InChI=1S/C25H27N5O4/c31-21(32)13-14-30-20-8-4-3-7-19(20)23(29-30)25(34)26-16-11-9-15(10-12-16)22-17-5-1-2-6-18(17)24(33)28-27-22/h3-4,7-12,17-18,22,27H,1-2,5-6,13-14H2,(H,26,34)(H,28,33)(H,31,32). The first-order chi connectivity index (χ1) is 16.5. The van der Waals surface area contributed by atoms with Crippen LogP contribution in [0, 0.1) is 11.8 Å². The molecule has 0 radical (unpaired) electrons. The highest BCUT2D eigenvalue weighted by atomic mass is 16.4. The number of carbonyl (C=O) groups is 3. The Morgan fingerprint density at radius 2 is 1.85 bits per heavy atom. The smallest absolute Gasteiger partial charge is 0.305 e. The van der Waals surface area contributed by atoms with E-state index in [1.165, 1.54) is 0 Å². The van der Waals surface area contributed by atoms with Gasteiger partial charge in [0.25, 0.3) is 5.91 Å². The molecule has 9 nitrogen and oxygen atoms in total. The molecule has 1 aliphatic heterocycles. The van der Waals surface area contributed by atoms with Gasteiger partial charge in [-0.1, -0.05) is 43.2 Å². The fraction of sp³-hybridized carbons (Fsp3) is 0.360. The van der Waals surface area contributed by atoms with Crippen LogP contribution < -0.4 is 16.2 Å². The molecule has 1 aromatic heterocycles. The number of amides is 2. The van der Waals surface area contributed by atoms with Crippen molar-refractivity contribution in [3.05, 3.63) is 59.8 Å². The van der Waals surface area contributed by atoms with Crippen LogP contribution in [-0.4, -0.2) is 32.7 Å². The number of aromatic nitrogens is 2. The average molecular weight is 462 g/mol. The van der Waals surface area contributed by atoms with Crippen molar-refractivity contribution in [1.29, 1.82) is 0 Å². The molecule has 1 saturated heterocycles. The molecule has 2 aromatic carbocycles. The number of fused-ring (bicyclic) bond motifs is 2. The number of hydrogen-bond donors (Lipinski definition) is 4. The SMILES string of the molecule is O=C(O)CCn1nc(C(=O)Nc2ccc(C3NNC(=O)C4CCCCC43)cc2)c2ccccc21. The number of aliphatic carboxylic acids is 1. The fourth-order valence-corrected chi connectivity index (χ4v) is 5.19. The number of benzene rings is 2. The maximum atomic E-state index is 13.0. The Labute approximate surface area is 196 Å². The summed E-state index contributed by atoms with van der Waals surface area (Å²) in [4.78, 5) is 36.2. The molecule has 3 unspecified atom stereocenters. The van der Waals surface area contributed by atoms with Crippen LogP contribution in [-0.2, 0) is 16.1 Å². The highest BCUT2D eigenvalue weighted by Crippen LogP contribution is 2.40. The van der Waals surface area contributed by atoms with Gasteiger partial charge < -0.3 is 10.4 Å². The highest BCUT2D eigenvalue weighted by molar-refractivity contribution is 6.11. The van der Waals surface area contributed by atoms with Crippen LogP contribution in [0.25, 0.3) is 10.9 Å². The van der Waals surface area contributed by atoms with Gasteiger partial charge in [0, 0.05) is 17.0 Å². The van der Waals surface area contributed by atoms with E-state index in [1.54, 1.807) is 10.7 Å². The molecule has 3 aromatic rings. The monoisotopic (exact) mass is 461 g/mol. The number of carbonyl (C=O) groups excluding carboxylic acids is 2. The normalized spacial score (nSPS) is 22.1. The maximum Gasteiger partial charge on any atom is 0.305 e. The summed E-state index contributed by atoms with van der Waals surface area (Å²) in [5.74, 6) is -0.876. The van der Waals surface area contributed by atoms with Crippen LogP contribution in [0.1, 0.15) is 54.2 Å². The van der Waals surface area contributed by atoms with Gasteiger partial charge in [-0.3, -0.25) is 24.5 Å². The largest absolute Gasteiger partial charge is 0.481 e. The number of nitrogens with zero attached hydrogens (tertiary/aromatic N) is 2. The lowest BCUT2D eigenvalue weighted by atomic mass is 9.72. The lowest BCUT2D eigenvalue weighted by Gasteiger charge is -2.41. The van der Waals surface area contributed by atoms with Crippen LogP contribution in [0.3, 0.4) is 0 Å². The van der Waals surface area contributed by atoms with E-state index in [4.69, 9.17) is 5.11 Å². The first-order valence-corrected chi connectivity index (χ1v) is 11.7. The predicted octanol–water partition coefficient (Wildman–Crippen LogP) is 3.25. The molecule has 2 aliphatic rings. The van der Waals surface area contributed by atoms with E-state index in [2.05, 4.69) is 21.3 Å². The Hall–Kier alpha value is -3.72. The number of hydrogen-bond acceptors (Lipinski definition) is 5. The van der Waals surface area contributed by atoms with E-state index in [1.807, 2.05) is 42.5 Å². The van der Waals surface area contributed by atoms with Crippen LogP contribution in [0.4, 0.5) is 5.69 Å². The van der Waals surface area contributed by atoms with E-state index in [0.29, 0.717) is 11.1 Å². The number of para-hydroxylation sites is 1. The van der Waals surface area contributed by atoms with Crippen molar-refractivity contribution >= 4 is 34.4 Å². The summed E-state index contributed by atoms with van der Waals surface area (Å²) in [6.45, 7) is 0.185. The van der Waals surface area contributed by atoms with E-state index < -0.39 is 5.97 Å². The zero-order chi connectivity index (χ0) is 23.7. The van der Waals surface area contributed by atoms with Gasteiger partial charge in [0.05, 0.1) is 24.5 Å². The lowest BCUT2D eigenvalue weighted by molar-refractivity contribution is -0.137.